The average Bonchev–Trinajstić information content (AvgIpc) is 3.35. The van der Waals surface area contributed by atoms with Crippen molar-refractivity contribution in [3.8, 4) is 16.9 Å². The highest BCUT2D eigenvalue weighted by Crippen LogP contribution is 2.37. The van der Waals surface area contributed by atoms with Crippen LogP contribution in [0.1, 0.15) is 37.7 Å². The molecular weight excluding hydrogens is 350 g/mol. The molecule has 146 valence electrons. The summed E-state index contributed by atoms with van der Waals surface area (Å²) >= 11 is 0. The minimum absolute atomic E-state index is 0.0988. The Morgan fingerprint density at radius 2 is 1.86 bits per heavy atom. The zero-order valence-corrected chi connectivity index (χ0v) is 16.4. The summed E-state index contributed by atoms with van der Waals surface area (Å²) in [6.07, 6.45) is 7.66. The van der Waals surface area contributed by atoms with Crippen molar-refractivity contribution in [2.24, 2.45) is 13.0 Å². The summed E-state index contributed by atoms with van der Waals surface area (Å²) < 4.78 is 8.34. The number of aryl methyl sites for hydroxylation is 1. The van der Waals surface area contributed by atoms with Gasteiger partial charge in [0.15, 0.2) is 0 Å². The van der Waals surface area contributed by atoms with Crippen molar-refractivity contribution in [3.05, 3.63) is 54.2 Å². The molecule has 1 heterocycles. The van der Waals surface area contributed by atoms with E-state index in [1.165, 1.54) is 36.6 Å². The van der Waals surface area contributed by atoms with Gasteiger partial charge in [0, 0.05) is 36.1 Å². The summed E-state index contributed by atoms with van der Waals surface area (Å²) in [5, 5.41) is 10.4. The first-order valence-corrected chi connectivity index (χ1v) is 10.1. The van der Waals surface area contributed by atoms with E-state index >= 15 is 0 Å². The third-order valence-corrected chi connectivity index (χ3v) is 5.89. The van der Waals surface area contributed by atoms with Gasteiger partial charge in [-0.2, -0.15) is 0 Å². The highest BCUT2D eigenvalue weighted by Gasteiger charge is 2.19. The molecule has 4 heteroatoms. The van der Waals surface area contributed by atoms with E-state index < -0.39 is 5.97 Å². The van der Waals surface area contributed by atoms with Crippen molar-refractivity contribution in [1.29, 1.82) is 0 Å². The van der Waals surface area contributed by atoms with Gasteiger partial charge in [0.1, 0.15) is 5.75 Å². The molecule has 0 atom stereocenters. The number of aromatic nitrogens is 1. The number of rotatable bonds is 7. The number of carboxylic acids is 1. The van der Waals surface area contributed by atoms with Crippen LogP contribution < -0.4 is 4.74 Å². The van der Waals surface area contributed by atoms with Crippen LogP contribution in [0.4, 0.5) is 0 Å². The molecule has 0 bridgehead atoms. The lowest BCUT2D eigenvalue weighted by atomic mass is 9.93. The van der Waals surface area contributed by atoms with E-state index in [-0.39, 0.29) is 6.42 Å². The number of nitrogens with zero attached hydrogens (tertiary/aromatic N) is 1. The number of ether oxygens (including phenoxy) is 1. The molecule has 2 aromatic carbocycles. The fraction of sp³-hybridized carbons (Fsp3) is 0.375. The Balaban J connectivity index is 1.74. The Bertz CT molecular complexity index is 983. The minimum Gasteiger partial charge on any atom is -0.493 e. The van der Waals surface area contributed by atoms with Crippen molar-refractivity contribution < 1.29 is 14.6 Å². The van der Waals surface area contributed by atoms with Gasteiger partial charge in [0.25, 0.3) is 0 Å². The van der Waals surface area contributed by atoms with E-state index in [1.54, 1.807) is 0 Å². The summed E-state index contributed by atoms with van der Waals surface area (Å²) in [6.45, 7) is 0.721. The molecule has 0 unspecified atom stereocenters. The third kappa shape index (κ3) is 3.77. The molecule has 28 heavy (non-hydrogen) atoms. The zero-order chi connectivity index (χ0) is 19.5. The van der Waals surface area contributed by atoms with Crippen molar-refractivity contribution in [1.82, 2.24) is 4.57 Å². The average molecular weight is 377 g/mol. The lowest BCUT2D eigenvalue weighted by Gasteiger charge is -2.18. The second-order valence-electron chi connectivity index (χ2n) is 7.80. The third-order valence-electron chi connectivity index (χ3n) is 5.89. The summed E-state index contributed by atoms with van der Waals surface area (Å²) in [5.41, 5.74) is 4.37. The predicted octanol–water partition coefficient (Wildman–Crippen LogP) is 5.43. The number of benzene rings is 2. The topological polar surface area (TPSA) is 51.5 Å². The van der Waals surface area contributed by atoms with E-state index in [4.69, 9.17) is 4.74 Å². The molecular formula is C24H27NO3. The van der Waals surface area contributed by atoms with Gasteiger partial charge in [-0.3, -0.25) is 4.79 Å². The summed E-state index contributed by atoms with van der Waals surface area (Å²) in [6, 6.07) is 14.5. The highest BCUT2D eigenvalue weighted by atomic mass is 16.5. The van der Waals surface area contributed by atoms with Gasteiger partial charge in [0.2, 0.25) is 0 Å². The maximum absolute atomic E-state index is 11.3. The molecule has 1 aliphatic rings. The number of carbonyl (C=O) groups is 1. The monoisotopic (exact) mass is 377 g/mol. The van der Waals surface area contributed by atoms with Gasteiger partial charge in [-0.15, -0.1) is 0 Å². The smallest absolute Gasteiger partial charge is 0.303 e. The van der Waals surface area contributed by atoms with Crippen molar-refractivity contribution in [2.75, 3.05) is 6.61 Å². The number of hydrogen-bond acceptors (Lipinski definition) is 2. The number of aliphatic carboxylic acids is 1. The van der Waals surface area contributed by atoms with Crippen LogP contribution >= 0.6 is 0 Å². The molecule has 0 radical (unpaired) electrons. The van der Waals surface area contributed by atoms with Crippen LogP contribution in [0.5, 0.6) is 5.75 Å². The fourth-order valence-electron chi connectivity index (χ4n) is 4.36. The first-order valence-electron chi connectivity index (χ1n) is 10.1. The van der Waals surface area contributed by atoms with E-state index in [0.717, 1.165) is 29.0 Å². The molecule has 1 fully saturated rings. The SMILES string of the molecule is Cn1ccc2c(-c3cccc(OCC4CCCC4)c3CCC(=O)O)cccc21. The molecule has 1 aromatic heterocycles. The van der Waals surface area contributed by atoms with Crippen molar-refractivity contribution in [3.63, 3.8) is 0 Å². The Morgan fingerprint density at radius 1 is 1.11 bits per heavy atom. The highest BCUT2D eigenvalue weighted by molar-refractivity contribution is 5.96. The Kier molecular flexibility index (Phi) is 5.38. The maximum Gasteiger partial charge on any atom is 0.303 e. The summed E-state index contributed by atoms with van der Waals surface area (Å²) in [5.74, 6) is 0.668. The lowest BCUT2D eigenvalue weighted by molar-refractivity contribution is -0.136. The minimum atomic E-state index is -0.783. The van der Waals surface area contributed by atoms with Crippen molar-refractivity contribution >= 4 is 16.9 Å². The van der Waals surface area contributed by atoms with E-state index in [0.29, 0.717) is 12.3 Å². The second kappa shape index (κ2) is 8.09. The number of hydrogen-bond donors (Lipinski definition) is 1. The Morgan fingerprint density at radius 3 is 2.64 bits per heavy atom. The predicted molar refractivity (Wildman–Crippen MR) is 112 cm³/mol. The van der Waals surface area contributed by atoms with Crippen LogP contribution in [0.3, 0.4) is 0 Å². The van der Waals surface area contributed by atoms with Crippen molar-refractivity contribution in [2.45, 2.75) is 38.5 Å². The maximum atomic E-state index is 11.3. The first kappa shape index (κ1) is 18.6. The molecule has 0 spiro atoms. The molecule has 0 aliphatic heterocycles. The fourth-order valence-corrected chi connectivity index (χ4v) is 4.36. The quantitative estimate of drug-likeness (QED) is 0.597. The zero-order valence-electron chi connectivity index (χ0n) is 16.4. The summed E-state index contributed by atoms with van der Waals surface area (Å²) in [7, 11) is 2.04. The van der Waals surface area contributed by atoms with Gasteiger partial charge >= 0.3 is 5.97 Å². The molecule has 4 nitrogen and oxygen atoms in total. The van der Waals surface area contributed by atoms with Crippen LogP contribution in [0, 0.1) is 5.92 Å². The van der Waals surface area contributed by atoms with Gasteiger partial charge in [0.05, 0.1) is 6.61 Å². The second-order valence-corrected chi connectivity index (χ2v) is 7.80. The summed E-state index contributed by atoms with van der Waals surface area (Å²) in [4.78, 5) is 11.3. The number of fused-ring (bicyclic) bond motifs is 1. The van der Waals surface area contributed by atoms with Crippen LogP contribution in [-0.2, 0) is 18.3 Å². The molecule has 0 amide bonds. The van der Waals surface area contributed by atoms with Gasteiger partial charge in [-0.1, -0.05) is 37.1 Å². The van der Waals surface area contributed by atoms with E-state index in [2.05, 4.69) is 41.1 Å². The van der Waals surface area contributed by atoms with Crippen LogP contribution in [-0.4, -0.2) is 22.2 Å². The van der Waals surface area contributed by atoms with Gasteiger partial charge < -0.3 is 14.4 Å². The van der Waals surface area contributed by atoms with E-state index in [9.17, 15) is 9.90 Å². The van der Waals surface area contributed by atoms with Crippen LogP contribution in [0.25, 0.3) is 22.0 Å². The molecule has 1 N–H and O–H groups in total. The standard InChI is InChI=1S/C24H27NO3/c1-25-15-14-20-18(8-4-10-22(20)25)19-9-5-11-23(21(19)12-13-24(26)27)28-16-17-6-2-3-7-17/h4-5,8-11,14-15,17H,2-3,6-7,12-13,16H2,1H3,(H,26,27). The molecule has 0 saturated heterocycles. The molecule has 1 aliphatic carbocycles. The normalized spacial score (nSPS) is 14.6. The number of carboxylic acid groups (broad SMARTS) is 1. The molecule has 4 rings (SSSR count). The van der Waals surface area contributed by atoms with Crippen LogP contribution in [0.2, 0.25) is 0 Å². The van der Waals surface area contributed by atoms with Crippen LogP contribution in [0.15, 0.2) is 48.7 Å². The largest absolute Gasteiger partial charge is 0.493 e. The van der Waals surface area contributed by atoms with E-state index in [1.807, 2.05) is 19.2 Å². The first-order chi connectivity index (χ1) is 13.6. The lowest BCUT2D eigenvalue weighted by Crippen LogP contribution is -2.10. The van der Waals surface area contributed by atoms with Gasteiger partial charge in [-0.25, -0.2) is 0 Å². The molecule has 3 aromatic rings. The Hall–Kier alpha value is -2.75. The Labute approximate surface area is 165 Å². The molecule has 1 saturated carbocycles. The van der Waals surface area contributed by atoms with Gasteiger partial charge in [-0.05, 0) is 54.5 Å².